The van der Waals surface area contributed by atoms with Crippen molar-refractivity contribution in [1.29, 1.82) is 0 Å². The molecule has 1 fully saturated rings. The van der Waals surface area contributed by atoms with E-state index in [2.05, 4.69) is 10.4 Å². The molecule has 5 rings (SSSR count). The highest BCUT2D eigenvalue weighted by molar-refractivity contribution is 5.96. The summed E-state index contributed by atoms with van der Waals surface area (Å²) < 4.78 is 63.6. The molecule has 1 aromatic heterocycles. The molecule has 1 aliphatic carbocycles. The number of aromatic carboxylic acids is 1. The van der Waals surface area contributed by atoms with E-state index in [-0.39, 0.29) is 11.6 Å². The monoisotopic (exact) mass is 553 g/mol. The maximum absolute atomic E-state index is 15.4. The van der Waals surface area contributed by atoms with Gasteiger partial charge in [0.25, 0.3) is 0 Å². The molecule has 1 aliphatic rings. The van der Waals surface area contributed by atoms with Crippen molar-refractivity contribution in [2.24, 2.45) is 0 Å². The summed E-state index contributed by atoms with van der Waals surface area (Å²) >= 11 is 0. The minimum Gasteiger partial charge on any atom is -0.478 e. The molecule has 206 valence electrons. The molecular formula is C29H23F4N3O4. The van der Waals surface area contributed by atoms with Crippen LogP contribution in [0.4, 0.5) is 28.2 Å². The van der Waals surface area contributed by atoms with Gasteiger partial charge in [0.1, 0.15) is 23.0 Å². The predicted octanol–water partition coefficient (Wildman–Crippen LogP) is 7.58. The molecule has 40 heavy (non-hydrogen) atoms. The molecule has 0 bridgehead atoms. The molecule has 4 aromatic rings. The number of nitrogens with one attached hydrogen (secondary N) is 1. The van der Waals surface area contributed by atoms with Gasteiger partial charge in [-0.1, -0.05) is 60.7 Å². The topological polar surface area (TPSA) is 93.5 Å². The number of alkyl halides is 3. The van der Waals surface area contributed by atoms with Crippen molar-refractivity contribution in [2.75, 3.05) is 5.32 Å². The van der Waals surface area contributed by atoms with Crippen molar-refractivity contribution in [3.63, 3.8) is 0 Å². The summed E-state index contributed by atoms with van der Waals surface area (Å²) in [5.74, 6) is -3.97. The Bertz CT molecular complexity index is 1570. The van der Waals surface area contributed by atoms with Crippen LogP contribution in [0.25, 0.3) is 16.8 Å². The van der Waals surface area contributed by atoms with Gasteiger partial charge < -0.3 is 9.84 Å². The van der Waals surface area contributed by atoms with E-state index >= 15 is 4.39 Å². The Balaban J connectivity index is 1.68. The van der Waals surface area contributed by atoms with E-state index in [0.29, 0.717) is 46.0 Å². The Hall–Kier alpha value is -4.67. The van der Waals surface area contributed by atoms with Crippen LogP contribution >= 0.6 is 0 Å². The number of carbonyl (C=O) groups is 2. The summed E-state index contributed by atoms with van der Waals surface area (Å²) in [6.07, 6.45) is -5.33. The SMILES string of the molecule is CC(OC(=O)Nc1c(C(F)(F)F)cnn1-c1c(C(=O)O)c(F)cc(-c2ccccc2)c1C1CC1)c1ccccc1. The zero-order valence-electron chi connectivity index (χ0n) is 21.1. The van der Waals surface area contributed by atoms with Gasteiger partial charge in [-0.25, -0.2) is 18.7 Å². The molecule has 1 heterocycles. The van der Waals surface area contributed by atoms with Gasteiger partial charge in [-0.05, 0) is 54.0 Å². The smallest absolute Gasteiger partial charge is 0.421 e. The molecule has 11 heteroatoms. The van der Waals surface area contributed by atoms with E-state index in [4.69, 9.17) is 4.74 Å². The molecular weight excluding hydrogens is 530 g/mol. The third-order valence-electron chi connectivity index (χ3n) is 6.64. The van der Waals surface area contributed by atoms with E-state index in [1.54, 1.807) is 67.6 Å². The summed E-state index contributed by atoms with van der Waals surface area (Å²) in [6.45, 7) is 1.54. The quantitative estimate of drug-likeness (QED) is 0.230. The van der Waals surface area contributed by atoms with E-state index in [1.807, 2.05) is 0 Å². The highest BCUT2D eigenvalue weighted by Gasteiger charge is 2.41. The number of carboxylic acid groups (broad SMARTS) is 1. The molecule has 1 atom stereocenters. The van der Waals surface area contributed by atoms with Crippen LogP contribution in [0.15, 0.2) is 72.9 Å². The first-order valence-electron chi connectivity index (χ1n) is 12.4. The third kappa shape index (κ3) is 5.27. The van der Waals surface area contributed by atoms with Crippen LogP contribution in [0.3, 0.4) is 0 Å². The number of carboxylic acids is 1. The number of benzene rings is 3. The van der Waals surface area contributed by atoms with Gasteiger partial charge in [-0.15, -0.1) is 0 Å². The van der Waals surface area contributed by atoms with E-state index < -0.39 is 47.1 Å². The Kier molecular flexibility index (Phi) is 7.05. The Morgan fingerprint density at radius 3 is 2.27 bits per heavy atom. The lowest BCUT2D eigenvalue weighted by Crippen LogP contribution is -2.22. The second-order valence-electron chi connectivity index (χ2n) is 9.39. The fourth-order valence-corrected chi connectivity index (χ4v) is 4.64. The second-order valence-corrected chi connectivity index (χ2v) is 9.39. The lowest BCUT2D eigenvalue weighted by Gasteiger charge is -2.21. The van der Waals surface area contributed by atoms with Gasteiger partial charge in [0.05, 0.1) is 11.9 Å². The predicted molar refractivity (Wildman–Crippen MR) is 138 cm³/mol. The molecule has 3 aromatic carbocycles. The van der Waals surface area contributed by atoms with E-state index in [1.165, 1.54) is 0 Å². The van der Waals surface area contributed by atoms with Crippen molar-refractivity contribution < 1.29 is 37.0 Å². The summed E-state index contributed by atoms with van der Waals surface area (Å²) in [4.78, 5) is 25.1. The number of nitrogens with zero attached hydrogens (tertiary/aromatic N) is 2. The maximum atomic E-state index is 15.4. The minimum atomic E-state index is -4.98. The average molecular weight is 554 g/mol. The zero-order chi connectivity index (χ0) is 28.6. The summed E-state index contributed by atoms with van der Waals surface area (Å²) in [5, 5.41) is 15.9. The molecule has 1 saturated carbocycles. The largest absolute Gasteiger partial charge is 0.478 e. The molecule has 0 radical (unpaired) electrons. The van der Waals surface area contributed by atoms with Crippen molar-refractivity contribution in [3.05, 3.63) is 101 Å². The Morgan fingerprint density at radius 1 is 1.07 bits per heavy atom. The first kappa shape index (κ1) is 26.9. The molecule has 1 unspecified atom stereocenters. The number of amides is 1. The first-order valence-corrected chi connectivity index (χ1v) is 12.4. The van der Waals surface area contributed by atoms with Crippen LogP contribution in [0, 0.1) is 5.82 Å². The Morgan fingerprint density at radius 2 is 1.70 bits per heavy atom. The van der Waals surface area contributed by atoms with Gasteiger partial charge in [-0.3, -0.25) is 5.32 Å². The molecule has 1 amide bonds. The number of hydrogen-bond acceptors (Lipinski definition) is 4. The van der Waals surface area contributed by atoms with Crippen LogP contribution < -0.4 is 5.32 Å². The number of anilines is 1. The number of ether oxygens (including phenoxy) is 1. The summed E-state index contributed by atoms with van der Waals surface area (Å²) in [6, 6.07) is 18.2. The standard InChI is InChI=1S/C29H23F4N3O4/c1-16(17-8-4-2-5-9-17)40-28(39)35-26-21(29(31,32)33)15-34-36(26)25-23(19-12-13-19)20(18-10-6-3-7-11-18)14-22(30)24(25)27(37)38/h2-11,14-16,19H,12-13H2,1H3,(H,35,39)(H,37,38). The van der Waals surface area contributed by atoms with Gasteiger partial charge in [0.2, 0.25) is 0 Å². The molecule has 0 spiro atoms. The van der Waals surface area contributed by atoms with Gasteiger partial charge >= 0.3 is 18.2 Å². The zero-order valence-corrected chi connectivity index (χ0v) is 21.1. The van der Waals surface area contributed by atoms with Crippen LogP contribution in [0.5, 0.6) is 0 Å². The first-order chi connectivity index (χ1) is 19.1. The number of aromatic nitrogens is 2. The second kappa shape index (κ2) is 10.5. The molecule has 7 nitrogen and oxygen atoms in total. The highest BCUT2D eigenvalue weighted by atomic mass is 19.4. The average Bonchev–Trinajstić information content (AvgIpc) is 3.67. The summed E-state index contributed by atoms with van der Waals surface area (Å²) in [5.41, 5.74) is -0.769. The van der Waals surface area contributed by atoms with Crippen LogP contribution in [0.1, 0.15) is 58.8 Å². The fraction of sp³-hybridized carbons (Fsp3) is 0.207. The number of rotatable bonds is 7. The number of hydrogen-bond donors (Lipinski definition) is 2. The van der Waals surface area contributed by atoms with Crippen LogP contribution in [-0.2, 0) is 10.9 Å². The lowest BCUT2D eigenvalue weighted by atomic mass is 9.91. The normalized spacial score (nSPS) is 14.0. The van der Waals surface area contributed by atoms with Gasteiger partial charge in [0.15, 0.2) is 5.82 Å². The van der Waals surface area contributed by atoms with Gasteiger partial charge in [0, 0.05) is 0 Å². The van der Waals surface area contributed by atoms with E-state index in [9.17, 15) is 27.9 Å². The number of carbonyl (C=O) groups excluding carboxylic acids is 1. The van der Waals surface area contributed by atoms with Crippen LogP contribution in [-0.4, -0.2) is 26.9 Å². The Labute approximate surface area is 226 Å². The van der Waals surface area contributed by atoms with Crippen molar-refractivity contribution in [3.8, 4) is 16.8 Å². The molecule has 0 aliphatic heterocycles. The van der Waals surface area contributed by atoms with Crippen LogP contribution in [0.2, 0.25) is 0 Å². The summed E-state index contributed by atoms with van der Waals surface area (Å²) in [7, 11) is 0. The fourth-order valence-electron chi connectivity index (χ4n) is 4.64. The number of halogens is 4. The van der Waals surface area contributed by atoms with E-state index in [0.717, 1.165) is 6.07 Å². The molecule has 2 N–H and O–H groups in total. The minimum absolute atomic E-state index is 0.250. The van der Waals surface area contributed by atoms with Crippen molar-refractivity contribution in [2.45, 2.75) is 38.0 Å². The molecule has 0 saturated heterocycles. The third-order valence-corrected chi connectivity index (χ3v) is 6.64. The lowest BCUT2D eigenvalue weighted by molar-refractivity contribution is -0.136. The van der Waals surface area contributed by atoms with Crippen molar-refractivity contribution in [1.82, 2.24) is 9.78 Å². The maximum Gasteiger partial charge on any atom is 0.421 e. The van der Waals surface area contributed by atoms with Gasteiger partial charge in [-0.2, -0.15) is 18.3 Å². The highest BCUT2D eigenvalue weighted by Crippen LogP contribution is 2.49. The van der Waals surface area contributed by atoms with Crippen molar-refractivity contribution >= 4 is 17.9 Å².